The van der Waals surface area contributed by atoms with Gasteiger partial charge in [0.1, 0.15) is 0 Å². The zero-order valence-electron chi connectivity index (χ0n) is 29.1. The normalized spacial score (nSPS) is 11.7. The number of hydrogen-bond acceptors (Lipinski definition) is 4. The maximum Gasteiger partial charge on any atom is 0.160 e. The predicted molar refractivity (Wildman–Crippen MR) is 224 cm³/mol. The first kappa shape index (κ1) is 30.3. The van der Waals surface area contributed by atoms with Gasteiger partial charge in [-0.05, 0) is 50.5 Å². The molecule has 8 aromatic carbocycles. The molecule has 0 N–H and O–H groups in total. The monoisotopic (exact) mass is 686 g/mol. The lowest BCUT2D eigenvalue weighted by Gasteiger charge is -2.14. The molecule has 0 unspecified atom stereocenters. The summed E-state index contributed by atoms with van der Waals surface area (Å²) in [5.41, 5.74) is 10.6. The van der Waals surface area contributed by atoms with Crippen molar-refractivity contribution in [3.8, 4) is 56.4 Å². The molecule has 54 heavy (non-hydrogen) atoms. The van der Waals surface area contributed by atoms with Crippen LogP contribution in [0.3, 0.4) is 0 Å². The van der Waals surface area contributed by atoms with Crippen LogP contribution in [0.4, 0.5) is 0 Å². The van der Waals surface area contributed by atoms with Gasteiger partial charge in [-0.25, -0.2) is 19.9 Å². The van der Waals surface area contributed by atoms with E-state index in [1.165, 1.54) is 32.3 Å². The molecule has 0 fully saturated rings. The molecule has 0 saturated carbocycles. The fourth-order valence-corrected chi connectivity index (χ4v) is 7.92. The van der Waals surface area contributed by atoms with Gasteiger partial charge in [0.05, 0.1) is 33.8 Å². The topological polar surface area (TPSA) is 51.6 Å². The van der Waals surface area contributed by atoms with Gasteiger partial charge in [0.25, 0.3) is 0 Å². The molecule has 4 nitrogen and oxygen atoms in total. The number of hydrogen-bond donors (Lipinski definition) is 0. The lowest BCUT2D eigenvalue weighted by Crippen LogP contribution is -1.96. The van der Waals surface area contributed by atoms with Crippen molar-refractivity contribution in [2.45, 2.75) is 0 Å². The zero-order valence-corrected chi connectivity index (χ0v) is 29.1. The van der Waals surface area contributed by atoms with Crippen LogP contribution in [0, 0.1) is 0 Å². The maximum absolute atomic E-state index is 5.33. The molecule has 0 saturated heterocycles. The number of pyridine rings is 2. The van der Waals surface area contributed by atoms with Crippen LogP contribution < -0.4 is 0 Å². The predicted octanol–water partition coefficient (Wildman–Crippen LogP) is 12.8. The van der Waals surface area contributed by atoms with Gasteiger partial charge < -0.3 is 0 Å². The van der Waals surface area contributed by atoms with Crippen molar-refractivity contribution in [3.05, 3.63) is 182 Å². The van der Waals surface area contributed by atoms with Crippen LogP contribution in [-0.4, -0.2) is 19.9 Å². The minimum Gasteiger partial charge on any atom is -0.245 e. The second-order valence-electron chi connectivity index (χ2n) is 13.8. The molecule has 0 aliphatic heterocycles. The van der Waals surface area contributed by atoms with Gasteiger partial charge in [0.15, 0.2) is 5.82 Å². The van der Waals surface area contributed by atoms with E-state index < -0.39 is 0 Å². The first-order valence-corrected chi connectivity index (χ1v) is 18.2. The molecule has 0 aliphatic carbocycles. The first-order chi connectivity index (χ1) is 26.7. The van der Waals surface area contributed by atoms with Crippen molar-refractivity contribution in [1.82, 2.24) is 19.9 Å². The largest absolute Gasteiger partial charge is 0.245 e. The van der Waals surface area contributed by atoms with Crippen LogP contribution in [0.1, 0.15) is 0 Å². The summed E-state index contributed by atoms with van der Waals surface area (Å²) in [4.78, 5) is 20.6. The summed E-state index contributed by atoms with van der Waals surface area (Å²) < 4.78 is 0. The number of rotatable bonds is 5. The van der Waals surface area contributed by atoms with Crippen molar-refractivity contribution < 1.29 is 0 Å². The summed E-state index contributed by atoms with van der Waals surface area (Å²) in [6, 6.07) is 63.8. The van der Waals surface area contributed by atoms with Crippen LogP contribution >= 0.6 is 0 Å². The van der Waals surface area contributed by atoms with Crippen LogP contribution in [0.2, 0.25) is 0 Å². The molecule has 250 valence electrons. The van der Waals surface area contributed by atoms with Gasteiger partial charge in [-0.3, -0.25) is 0 Å². The molecule has 0 radical (unpaired) electrons. The molecule has 0 spiro atoms. The minimum absolute atomic E-state index is 0.702. The highest BCUT2D eigenvalue weighted by atomic mass is 14.9. The molecule has 11 aromatic rings. The van der Waals surface area contributed by atoms with Crippen molar-refractivity contribution in [1.29, 1.82) is 0 Å². The summed E-state index contributed by atoms with van der Waals surface area (Å²) in [5, 5.41) is 9.71. The Labute approximate surface area is 311 Å². The third-order valence-corrected chi connectivity index (χ3v) is 10.6. The summed E-state index contributed by atoms with van der Waals surface area (Å²) in [5.74, 6) is 0.702. The Hall–Kier alpha value is -7.30. The SMILES string of the molecule is c1ccc(-c2cc(-c3ccc(-c4ccc5ccc6ccc(-c7ccc8ccc9cccc%10ccc7c8c9%10)nc6c5n4)cc3)nc(-c3ccccc3)n2)cc1. The van der Waals surface area contributed by atoms with Gasteiger partial charge in [0, 0.05) is 38.6 Å². The molecule has 0 aliphatic rings. The Morgan fingerprint density at radius 1 is 0.278 bits per heavy atom. The van der Waals surface area contributed by atoms with Crippen LogP contribution in [0.5, 0.6) is 0 Å². The van der Waals surface area contributed by atoms with Crippen LogP contribution in [0.15, 0.2) is 182 Å². The average Bonchev–Trinajstić information content (AvgIpc) is 3.25. The van der Waals surface area contributed by atoms with Crippen molar-refractivity contribution in [3.63, 3.8) is 0 Å². The number of fused-ring (bicyclic) bond motifs is 3. The lowest BCUT2D eigenvalue weighted by atomic mass is 9.91. The molecule has 3 heterocycles. The molecular weight excluding hydrogens is 657 g/mol. The van der Waals surface area contributed by atoms with E-state index in [1.807, 2.05) is 36.4 Å². The quantitative estimate of drug-likeness (QED) is 0.169. The van der Waals surface area contributed by atoms with Crippen LogP contribution in [-0.2, 0) is 0 Å². The highest BCUT2D eigenvalue weighted by Gasteiger charge is 2.15. The summed E-state index contributed by atoms with van der Waals surface area (Å²) in [6.07, 6.45) is 0. The maximum atomic E-state index is 5.33. The Morgan fingerprint density at radius 2 is 0.759 bits per heavy atom. The van der Waals surface area contributed by atoms with E-state index in [0.29, 0.717) is 5.82 Å². The summed E-state index contributed by atoms with van der Waals surface area (Å²) in [7, 11) is 0. The fourth-order valence-electron chi connectivity index (χ4n) is 7.92. The van der Waals surface area contributed by atoms with Crippen LogP contribution in [0.25, 0.3) is 111 Å². The van der Waals surface area contributed by atoms with E-state index in [2.05, 4.69) is 146 Å². The standard InChI is InChI=1S/C50H30N4/c1-3-8-31(9-4-1)44-30-45(54-50(53-44)39-10-5-2-6-11-39)33-16-14-32(15-17-33)42-28-24-37-20-21-38-25-29-43(52-49(38)48(37)51-42)40-26-22-36-19-18-34-12-7-13-35-23-27-41(40)47(36)46(34)35/h1-30H. The molecular formula is C50H30N4. The fraction of sp³-hybridized carbons (Fsp3) is 0. The molecule has 3 aromatic heterocycles. The van der Waals surface area contributed by atoms with Gasteiger partial charge in [-0.15, -0.1) is 0 Å². The molecule has 0 amide bonds. The van der Waals surface area contributed by atoms with Crippen molar-refractivity contribution >= 4 is 54.1 Å². The van der Waals surface area contributed by atoms with E-state index in [4.69, 9.17) is 19.9 Å². The Balaban J connectivity index is 1.000. The Kier molecular flexibility index (Phi) is 6.82. The van der Waals surface area contributed by atoms with Gasteiger partial charge in [0.2, 0.25) is 0 Å². The van der Waals surface area contributed by atoms with E-state index >= 15 is 0 Å². The molecule has 11 rings (SSSR count). The van der Waals surface area contributed by atoms with Gasteiger partial charge in [-0.2, -0.15) is 0 Å². The Morgan fingerprint density at radius 3 is 1.43 bits per heavy atom. The smallest absolute Gasteiger partial charge is 0.160 e. The van der Waals surface area contributed by atoms with Gasteiger partial charge >= 0.3 is 0 Å². The van der Waals surface area contributed by atoms with E-state index in [1.54, 1.807) is 0 Å². The third kappa shape index (κ3) is 5.00. The summed E-state index contributed by atoms with van der Waals surface area (Å²) >= 11 is 0. The third-order valence-electron chi connectivity index (χ3n) is 10.6. The summed E-state index contributed by atoms with van der Waals surface area (Å²) in [6.45, 7) is 0. The average molecular weight is 687 g/mol. The second kappa shape index (κ2) is 12.1. The highest BCUT2D eigenvalue weighted by molar-refractivity contribution is 6.25. The lowest BCUT2D eigenvalue weighted by molar-refractivity contribution is 1.18. The number of nitrogens with zero attached hydrogens (tertiary/aromatic N) is 4. The highest BCUT2D eigenvalue weighted by Crippen LogP contribution is 2.39. The molecule has 0 atom stereocenters. The zero-order chi connectivity index (χ0) is 35.6. The number of aromatic nitrogens is 4. The van der Waals surface area contributed by atoms with Gasteiger partial charge in [-0.1, -0.05) is 164 Å². The number of benzene rings is 8. The first-order valence-electron chi connectivity index (χ1n) is 18.2. The second-order valence-corrected chi connectivity index (χ2v) is 13.8. The van der Waals surface area contributed by atoms with Crippen molar-refractivity contribution in [2.24, 2.45) is 0 Å². The van der Waals surface area contributed by atoms with Crippen molar-refractivity contribution in [2.75, 3.05) is 0 Å². The van der Waals surface area contributed by atoms with E-state index in [9.17, 15) is 0 Å². The molecule has 0 bridgehead atoms. The van der Waals surface area contributed by atoms with E-state index in [0.717, 1.165) is 72.4 Å². The Bertz CT molecular complexity index is 3120. The van der Waals surface area contributed by atoms with E-state index in [-0.39, 0.29) is 0 Å². The minimum atomic E-state index is 0.702. The molecule has 4 heteroatoms.